The molecule has 1 aliphatic rings. The maximum Gasteiger partial charge on any atom is 0.251 e. The second-order valence-corrected chi connectivity index (χ2v) is 8.55. The van der Waals surface area contributed by atoms with Crippen molar-refractivity contribution in [3.8, 4) is 17.2 Å². The summed E-state index contributed by atoms with van der Waals surface area (Å²) < 4.78 is 16.5. The van der Waals surface area contributed by atoms with Crippen LogP contribution in [0.25, 0.3) is 0 Å². The Kier molecular flexibility index (Phi) is 7.38. The number of benzene rings is 3. The fourth-order valence-corrected chi connectivity index (χ4v) is 4.72. The Balaban J connectivity index is 1.67. The van der Waals surface area contributed by atoms with Gasteiger partial charge in [0.25, 0.3) is 5.91 Å². The number of carbonyl (C=O) groups is 1. The summed E-state index contributed by atoms with van der Waals surface area (Å²) in [7, 11) is 4.98. The molecule has 1 amide bonds. The average molecular weight is 461 g/mol. The topological polar surface area (TPSA) is 60.0 Å². The molecule has 3 aromatic carbocycles. The zero-order valence-corrected chi connectivity index (χ0v) is 20.2. The van der Waals surface area contributed by atoms with Gasteiger partial charge in [-0.25, -0.2) is 0 Å². The number of amides is 1. The summed E-state index contributed by atoms with van der Waals surface area (Å²) in [5.74, 6) is 2.18. The smallest absolute Gasteiger partial charge is 0.251 e. The first kappa shape index (κ1) is 23.6. The van der Waals surface area contributed by atoms with Gasteiger partial charge in [-0.3, -0.25) is 9.69 Å². The SMILES string of the molecule is COc1ccc(CN2CCc3cc(OC)c(OC)cc3[C@H]2[C@H](C)NC(=O)c2ccccc2)cc1. The van der Waals surface area contributed by atoms with E-state index in [1.165, 1.54) is 11.1 Å². The molecule has 1 N–H and O–H groups in total. The lowest BCUT2D eigenvalue weighted by atomic mass is 9.87. The van der Waals surface area contributed by atoms with Gasteiger partial charge in [0, 0.05) is 24.7 Å². The molecule has 6 heteroatoms. The van der Waals surface area contributed by atoms with E-state index in [0.717, 1.165) is 36.6 Å². The van der Waals surface area contributed by atoms with Crippen molar-refractivity contribution in [3.05, 3.63) is 89.0 Å². The number of hydrogen-bond acceptors (Lipinski definition) is 5. The number of carbonyl (C=O) groups excluding carboxylic acids is 1. The minimum absolute atomic E-state index is 0.0293. The number of ether oxygens (including phenoxy) is 3. The number of hydrogen-bond donors (Lipinski definition) is 1. The molecule has 2 atom stereocenters. The maximum atomic E-state index is 13.0. The van der Waals surface area contributed by atoms with Crippen LogP contribution in [0.5, 0.6) is 17.2 Å². The van der Waals surface area contributed by atoms with Crippen LogP contribution in [-0.4, -0.2) is 44.7 Å². The van der Waals surface area contributed by atoms with Crippen LogP contribution in [0.2, 0.25) is 0 Å². The summed E-state index contributed by atoms with van der Waals surface area (Å²) >= 11 is 0. The van der Waals surface area contributed by atoms with Crippen LogP contribution in [0.15, 0.2) is 66.7 Å². The van der Waals surface area contributed by atoms with E-state index in [-0.39, 0.29) is 18.0 Å². The first-order chi connectivity index (χ1) is 16.5. The highest BCUT2D eigenvalue weighted by Crippen LogP contribution is 2.40. The molecule has 0 aliphatic carbocycles. The predicted molar refractivity (Wildman–Crippen MR) is 133 cm³/mol. The van der Waals surface area contributed by atoms with Crippen LogP contribution in [0.1, 0.15) is 40.0 Å². The van der Waals surface area contributed by atoms with Gasteiger partial charge >= 0.3 is 0 Å². The maximum absolute atomic E-state index is 13.0. The van der Waals surface area contributed by atoms with Gasteiger partial charge < -0.3 is 19.5 Å². The van der Waals surface area contributed by atoms with Crippen molar-refractivity contribution in [2.75, 3.05) is 27.9 Å². The molecule has 6 nitrogen and oxygen atoms in total. The van der Waals surface area contributed by atoms with Crippen LogP contribution >= 0.6 is 0 Å². The van der Waals surface area contributed by atoms with Gasteiger partial charge in [-0.15, -0.1) is 0 Å². The van der Waals surface area contributed by atoms with Gasteiger partial charge in [-0.2, -0.15) is 0 Å². The van der Waals surface area contributed by atoms with Gasteiger partial charge in [0.2, 0.25) is 0 Å². The number of nitrogens with one attached hydrogen (secondary N) is 1. The van der Waals surface area contributed by atoms with Gasteiger partial charge in [-0.05, 0) is 66.4 Å². The van der Waals surface area contributed by atoms with Gasteiger partial charge in [0.05, 0.1) is 27.4 Å². The molecule has 0 fully saturated rings. The van der Waals surface area contributed by atoms with Gasteiger partial charge in [0.1, 0.15) is 5.75 Å². The number of rotatable bonds is 8. The lowest BCUT2D eigenvalue weighted by molar-refractivity contribution is 0.0877. The molecule has 0 saturated heterocycles. The molecule has 0 aromatic heterocycles. The van der Waals surface area contributed by atoms with Crippen LogP contribution in [0, 0.1) is 0 Å². The zero-order valence-electron chi connectivity index (χ0n) is 20.2. The monoisotopic (exact) mass is 460 g/mol. The van der Waals surface area contributed by atoms with Gasteiger partial charge in [-0.1, -0.05) is 30.3 Å². The van der Waals surface area contributed by atoms with Crippen LogP contribution in [-0.2, 0) is 13.0 Å². The van der Waals surface area contributed by atoms with Crippen molar-refractivity contribution in [2.24, 2.45) is 0 Å². The molecular formula is C28H32N2O4. The van der Waals surface area contributed by atoms with Crippen molar-refractivity contribution >= 4 is 5.91 Å². The molecule has 0 bridgehead atoms. The Bertz CT molecular complexity index is 1120. The minimum Gasteiger partial charge on any atom is -0.497 e. The lowest BCUT2D eigenvalue weighted by Gasteiger charge is -2.41. The number of nitrogens with zero attached hydrogens (tertiary/aromatic N) is 1. The molecule has 34 heavy (non-hydrogen) atoms. The summed E-state index contributed by atoms with van der Waals surface area (Å²) in [5.41, 5.74) is 4.21. The molecule has 3 aromatic rings. The van der Waals surface area contributed by atoms with Crippen molar-refractivity contribution < 1.29 is 19.0 Å². The van der Waals surface area contributed by atoms with E-state index in [2.05, 4.69) is 41.4 Å². The Morgan fingerprint density at radius 3 is 2.29 bits per heavy atom. The lowest BCUT2D eigenvalue weighted by Crippen LogP contribution is -2.47. The predicted octanol–water partition coefficient (Wildman–Crippen LogP) is 4.63. The second-order valence-electron chi connectivity index (χ2n) is 8.55. The quantitative estimate of drug-likeness (QED) is 0.531. The molecule has 1 aliphatic heterocycles. The highest BCUT2D eigenvalue weighted by molar-refractivity contribution is 5.94. The molecule has 0 unspecified atom stereocenters. The number of fused-ring (bicyclic) bond motifs is 1. The standard InChI is InChI=1S/C28H32N2O4/c1-19(29-28(31)21-8-6-5-7-9-21)27-24-17-26(34-4)25(33-3)16-22(24)14-15-30(27)18-20-10-12-23(32-2)13-11-20/h5-13,16-17,19,27H,14-15,18H2,1-4H3,(H,29,31)/t19-,27+/m0/s1. The molecule has 1 heterocycles. The van der Waals surface area contributed by atoms with E-state index >= 15 is 0 Å². The Morgan fingerprint density at radius 2 is 1.65 bits per heavy atom. The highest BCUT2D eigenvalue weighted by atomic mass is 16.5. The third kappa shape index (κ3) is 5.02. The third-order valence-corrected chi connectivity index (χ3v) is 6.44. The third-order valence-electron chi connectivity index (χ3n) is 6.44. The average Bonchev–Trinajstić information content (AvgIpc) is 2.88. The normalized spacial score (nSPS) is 16.3. The van der Waals surface area contributed by atoms with E-state index in [1.54, 1.807) is 21.3 Å². The highest BCUT2D eigenvalue weighted by Gasteiger charge is 2.34. The summed E-state index contributed by atoms with van der Waals surface area (Å²) in [6.07, 6.45) is 0.891. The Morgan fingerprint density at radius 1 is 0.971 bits per heavy atom. The van der Waals surface area contributed by atoms with E-state index in [0.29, 0.717) is 11.3 Å². The van der Waals surface area contributed by atoms with E-state index in [1.807, 2.05) is 42.5 Å². The van der Waals surface area contributed by atoms with Crippen LogP contribution < -0.4 is 19.5 Å². The molecule has 0 radical (unpaired) electrons. The molecule has 4 rings (SSSR count). The summed E-state index contributed by atoms with van der Waals surface area (Å²) in [6.45, 7) is 3.69. The fraction of sp³-hybridized carbons (Fsp3) is 0.321. The molecule has 0 saturated carbocycles. The first-order valence-corrected chi connectivity index (χ1v) is 11.5. The summed E-state index contributed by atoms with van der Waals surface area (Å²) in [6, 6.07) is 21.4. The van der Waals surface area contributed by atoms with Crippen molar-refractivity contribution in [3.63, 3.8) is 0 Å². The second kappa shape index (κ2) is 10.6. The summed E-state index contributed by atoms with van der Waals surface area (Å²) in [5, 5.41) is 3.23. The Labute approximate surface area is 201 Å². The van der Waals surface area contributed by atoms with E-state index in [4.69, 9.17) is 14.2 Å². The summed E-state index contributed by atoms with van der Waals surface area (Å²) in [4.78, 5) is 15.4. The van der Waals surface area contributed by atoms with E-state index < -0.39 is 0 Å². The van der Waals surface area contributed by atoms with Crippen molar-refractivity contribution in [1.82, 2.24) is 10.2 Å². The zero-order chi connectivity index (χ0) is 24.1. The van der Waals surface area contributed by atoms with Crippen molar-refractivity contribution in [2.45, 2.75) is 32.0 Å². The largest absolute Gasteiger partial charge is 0.497 e. The van der Waals surface area contributed by atoms with Gasteiger partial charge in [0.15, 0.2) is 11.5 Å². The van der Waals surface area contributed by atoms with E-state index in [9.17, 15) is 4.79 Å². The minimum atomic E-state index is -0.136. The fourth-order valence-electron chi connectivity index (χ4n) is 4.72. The molecule has 178 valence electrons. The van der Waals surface area contributed by atoms with Crippen LogP contribution in [0.3, 0.4) is 0 Å². The van der Waals surface area contributed by atoms with Crippen LogP contribution in [0.4, 0.5) is 0 Å². The van der Waals surface area contributed by atoms with Crippen molar-refractivity contribution in [1.29, 1.82) is 0 Å². The molecular weight excluding hydrogens is 428 g/mol. The number of methoxy groups -OCH3 is 3. The Hall–Kier alpha value is -3.51. The first-order valence-electron chi connectivity index (χ1n) is 11.5. The molecule has 0 spiro atoms.